The minimum absolute atomic E-state index is 0.203. The van der Waals surface area contributed by atoms with Gasteiger partial charge in [0.05, 0.1) is 25.3 Å². The number of nitriles is 1. The molecule has 0 aromatic rings. The SMILES string of the molecule is N#CCC(O)C1CCN(CCCF)C1. The number of halogens is 1. The Labute approximate surface area is 84.1 Å². The molecular weight excluding hydrogens is 183 g/mol. The molecule has 0 bridgehead atoms. The molecule has 2 atom stereocenters. The number of hydrogen-bond acceptors (Lipinski definition) is 3. The van der Waals surface area contributed by atoms with E-state index in [-0.39, 0.29) is 19.0 Å². The van der Waals surface area contributed by atoms with Gasteiger partial charge < -0.3 is 10.0 Å². The molecule has 3 nitrogen and oxygen atoms in total. The van der Waals surface area contributed by atoms with Crippen LogP contribution in [0.3, 0.4) is 0 Å². The first kappa shape index (κ1) is 11.4. The fraction of sp³-hybridized carbons (Fsp3) is 0.900. The number of nitrogens with zero attached hydrogens (tertiary/aromatic N) is 2. The predicted octanol–water partition coefficient (Wildman–Crippen LogP) is 0.942. The van der Waals surface area contributed by atoms with Gasteiger partial charge in [-0.05, 0) is 25.3 Å². The predicted molar refractivity (Wildman–Crippen MR) is 51.4 cm³/mol. The van der Waals surface area contributed by atoms with Crippen LogP contribution < -0.4 is 0 Å². The maximum atomic E-state index is 11.9. The summed E-state index contributed by atoms with van der Waals surface area (Å²) < 4.78 is 11.9. The van der Waals surface area contributed by atoms with Gasteiger partial charge in [0, 0.05) is 13.1 Å². The molecule has 80 valence electrons. The molecule has 2 unspecified atom stereocenters. The van der Waals surface area contributed by atoms with Gasteiger partial charge in [-0.2, -0.15) is 5.26 Å². The zero-order chi connectivity index (χ0) is 10.4. The van der Waals surface area contributed by atoms with Crippen LogP contribution in [0.5, 0.6) is 0 Å². The fourth-order valence-corrected chi connectivity index (χ4v) is 1.92. The summed E-state index contributed by atoms with van der Waals surface area (Å²) in [5.41, 5.74) is 0. The number of aliphatic hydroxyl groups is 1. The van der Waals surface area contributed by atoms with Gasteiger partial charge in [-0.15, -0.1) is 0 Å². The van der Waals surface area contributed by atoms with E-state index in [1.54, 1.807) is 0 Å². The highest BCUT2D eigenvalue weighted by atomic mass is 19.1. The lowest BCUT2D eigenvalue weighted by molar-refractivity contribution is 0.114. The van der Waals surface area contributed by atoms with Gasteiger partial charge in [0.25, 0.3) is 0 Å². The Morgan fingerprint density at radius 1 is 1.64 bits per heavy atom. The Hall–Kier alpha value is -0.660. The summed E-state index contributed by atoms with van der Waals surface area (Å²) in [6.45, 7) is 2.23. The van der Waals surface area contributed by atoms with Gasteiger partial charge in [0.1, 0.15) is 0 Å². The summed E-state index contributed by atoms with van der Waals surface area (Å²) in [6.07, 6.45) is 1.20. The Bertz CT molecular complexity index is 205. The molecule has 4 heteroatoms. The van der Waals surface area contributed by atoms with Gasteiger partial charge in [-0.3, -0.25) is 4.39 Å². The monoisotopic (exact) mass is 200 g/mol. The second-order valence-corrected chi connectivity index (χ2v) is 3.82. The molecule has 0 saturated carbocycles. The lowest BCUT2D eigenvalue weighted by Gasteiger charge is -2.17. The number of likely N-dealkylation sites (tertiary alicyclic amines) is 1. The first-order valence-corrected chi connectivity index (χ1v) is 5.11. The van der Waals surface area contributed by atoms with E-state index in [2.05, 4.69) is 4.90 Å². The standard InChI is InChI=1S/C10H17FN2O/c11-4-1-6-13-7-3-9(8-13)10(14)2-5-12/h9-10,14H,1-4,6-8H2. The first-order valence-electron chi connectivity index (χ1n) is 5.11. The highest BCUT2D eigenvalue weighted by Crippen LogP contribution is 2.21. The lowest BCUT2D eigenvalue weighted by Crippen LogP contribution is -2.26. The highest BCUT2D eigenvalue weighted by Gasteiger charge is 2.27. The number of rotatable bonds is 5. The van der Waals surface area contributed by atoms with Crippen LogP contribution >= 0.6 is 0 Å². The van der Waals surface area contributed by atoms with E-state index in [0.717, 1.165) is 26.1 Å². The van der Waals surface area contributed by atoms with Crippen LogP contribution in [0.1, 0.15) is 19.3 Å². The molecule has 1 saturated heterocycles. The average molecular weight is 200 g/mol. The second-order valence-electron chi connectivity index (χ2n) is 3.82. The van der Waals surface area contributed by atoms with E-state index in [0.29, 0.717) is 6.42 Å². The van der Waals surface area contributed by atoms with Crippen molar-refractivity contribution in [2.75, 3.05) is 26.3 Å². The van der Waals surface area contributed by atoms with E-state index in [1.807, 2.05) is 6.07 Å². The Morgan fingerprint density at radius 3 is 3.07 bits per heavy atom. The summed E-state index contributed by atoms with van der Waals surface area (Å²) in [5.74, 6) is 0.203. The molecule has 0 aromatic heterocycles. The van der Waals surface area contributed by atoms with Crippen molar-refractivity contribution in [1.29, 1.82) is 5.26 Å². The topological polar surface area (TPSA) is 47.3 Å². The zero-order valence-electron chi connectivity index (χ0n) is 8.32. The molecule has 0 radical (unpaired) electrons. The molecule has 0 spiro atoms. The van der Waals surface area contributed by atoms with E-state index < -0.39 is 6.10 Å². The normalized spacial score (nSPS) is 24.8. The Balaban J connectivity index is 2.23. The van der Waals surface area contributed by atoms with Crippen molar-refractivity contribution in [3.8, 4) is 6.07 Å². The van der Waals surface area contributed by atoms with Crippen molar-refractivity contribution in [3.63, 3.8) is 0 Å². The summed E-state index contributed by atoms with van der Waals surface area (Å²) in [5, 5.41) is 18.0. The molecule has 14 heavy (non-hydrogen) atoms. The van der Waals surface area contributed by atoms with Gasteiger partial charge in [-0.25, -0.2) is 0 Å². The minimum atomic E-state index is -0.504. The average Bonchev–Trinajstić information content (AvgIpc) is 2.63. The fourth-order valence-electron chi connectivity index (χ4n) is 1.92. The molecule has 0 aromatic carbocycles. The Kier molecular flexibility index (Phi) is 4.85. The molecule has 1 aliphatic rings. The van der Waals surface area contributed by atoms with Crippen LogP contribution in [0.15, 0.2) is 0 Å². The zero-order valence-corrected chi connectivity index (χ0v) is 8.32. The van der Waals surface area contributed by atoms with Gasteiger partial charge in [-0.1, -0.05) is 0 Å². The van der Waals surface area contributed by atoms with E-state index in [9.17, 15) is 9.50 Å². The third-order valence-electron chi connectivity index (χ3n) is 2.76. The summed E-state index contributed by atoms with van der Waals surface area (Å²) >= 11 is 0. The van der Waals surface area contributed by atoms with Crippen molar-refractivity contribution in [1.82, 2.24) is 4.90 Å². The first-order chi connectivity index (χ1) is 6.77. The summed E-state index contributed by atoms with van der Waals surface area (Å²) in [4.78, 5) is 2.16. The smallest absolute Gasteiger partial charge is 0.0906 e. The molecule has 0 amide bonds. The van der Waals surface area contributed by atoms with Crippen LogP contribution in [0.4, 0.5) is 4.39 Å². The van der Waals surface area contributed by atoms with Crippen molar-refractivity contribution < 1.29 is 9.50 Å². The third-order valence-corrected chi connectivity index (χ3v) is 2.76. The summed E-state index contributed by atoms with van der Waals surface area (Å²) in [6, 6.07) is 1.97. The lowest BCUT2D eigenvalue weighted by atomic mass is 10.00. The number of alkyl halides is 1. The molecule has 1 N–H and O–H groups in total. The van der Waals surface area contributed by atoms with Crippen molar-refractivity contribution >= 4 is 0 Å². The quantitative estimate of drug-likeness (QED) is 0.718. The van der Waals surface area contributed by atoms with Crippen molar-refractivity contribution in [2.45, 2.75) is 25.4 Å². The largest absolute Gasteiger partial charge is 0.392 e. The molecule has 1 fully saturated rings. The van der Waals surface area contributed by atoms with Gasteiger partial charge >= 0.3 is 0 Å². The maximum Gasteiger partial charge on any atom is 0.0906 e. The van der Waals surface area contributed by atoms with E-state index in [1.165, 1.54) is 0 Å². The van der Waals surface area contributed by atoms with E-state index >= 15 is 0 Å². The Morgan fingerprint density at radius 2 is 2.43 bits per heavy atom. The third kappa shape index (κ3) is 3.24. The van der Waals surface area contributed by atoms with Crippen LogP contribution in [-0.4, -0.2) is 42.4 Å². The minimum Gasteiger partial charge on any atom is -0.392 e. The van der Waals surface area contributed by atoms with Gasteiger partial charge in [0.15, 0.2) is 0 Å². The number of hydrogen-bond donors (Lipinski definition) is 1. The van der Waals surface area contributed by atoms with Crippen LogP contribution in [0.2, 0.25) is 0 Å². The van der Waals surface area contributed by atoms with Crippen LogP contribution in [0.25, 0.3) is 0 Å². The van der Waals surface area contributed by atoms with Gasteiger partial charge in [0.2, 0.25) is 0 Å². The molecular formula is C10H17FN2O. The summed E-state index contributed by atoms with van der Waals surface area (Å²) in [7, 11) is 0. The van der Waals surface area contributed by atoms with Crippen LogP contribution in [-0.2, 0) is 0 Å². The molecule has 0 aliphatic carbocycles. The molecule has 1 heterocycles. The van der Waals surface area contributed by atoms with Crippen molar-refractivity contribution in [2.24, 2.45) is 5.92 Å². The van der Waals surface area contributed by atoms with Crippen molar-refractivity contribution in [3.05, 3.63) is 0 Å². The highest BCUT2D eigenvalue weighted by molar-refractivity contribution is 4.86. The number of aliphatic hydroxyl groups excluding tert-OH is 1. The molecule has 1 aliphatic heterocycles. The maximum absolute atomic E-state index is 11.9. The van der Waals surface area contributed by atoms with Crippen LogP contribution in [0, 0.1) is 17.2 Å². The van der Waals surface area contributed by atoms with E-state index in [4.69, 9.17) is 5.26 Å². The molecule has 1 rings (SSSR count). The second kappa shape index (κ2) is 5.94.